The van der Waals surface area contributed by atoms with Crippen LogP contribution in [0, 0.1) is 11.6 Å². The van der Waals surface area contributed by atoms with Gasteiger partial charge in [-0.3, -0.25) is 13.9 Å². The number of amides is 2. The van der Waals surface area contributed by atoms with E-state index in [1.54, 1.807) is 31.0 Å². The number of benzene rings is 2. The molecule has 0 bridgehead atoms. The quantitative estimate of drug-likeness (QED) is 0.418. The van der Waals surface area contributed by atoms with E-state index in [9.17, 15) is 26.8 Å². The minimum Gasteiger partial charge on any atom is -0.361 e. The molecule has 2 aliphatic rings. The number of piperidine rings is 1. The highest BCUT2D eigenvalue weighted by atomic mass is 32.2. The number of aromatic amines is 1. The number of carbonyl (C=O) groups excluding carboxylic acids is 2. The Balaban J connectivity index is 1.40. The third-order valence-electron chi connectivity index (χ3n) is 8.02. The maximum absolute atomic E-state index is 14.3. The Hall–Kier alpha value is -3.51. The molecule has 5 rings (SSSR count). The van der Waals surface area contributed by atoms with Gasteiger partial charge in [-0.1, -0.05) is 0 Å². The Labute approximate surface area is 231 Å². The van der Waals surface area contributed by atoms with Crippen molar-refractivity contribution in [1.29, 1.82) is 0 Å². The van der Waals surface area contributed by atoms with Crippen LogP contribution in [0.2, 0.25) is 0 Å². The molecule has 2 aliphatic heterocycles. The van der Waals surface area contributed by atoms with Gasteiger partial charge in [-0.2, -0.15) is 0 Å². The van der Waals surface area contributed by atoms with Gasteiger partial charge in [0.25, 0.3) is 0 Å². The fraction of sp³-hybridized carbons (Fsp3) is 0.429. The number of nitrogens with zero attached hydrogens (tertiary/aromatic N) is 2. The lowest BCUT2D eigenvalue weighted by Crippen LogP contribution is -2.58. The van der Waals surface area contributed by atoms with Crippen LogP contribution in [0.1, 0.15) is 37.8 Å². The van der Waals surface area contributed by atoms with Gasteiger partial charge in [-0.05, 0) is 74.2 Å². The van der Waals surface area contributed by atoms with Crippen LogP contribution < -0.4 is 15.4 Å². The topological polar surface area (TPSA) is 129 Å². The summed E-state index contributed by atoms with van der Waals surface area (Å²) in [5.74, 6) is -1.69. The van der Waals surface area contributed by atoms with E-state index in [2.05, 4.69) is 10.3 Å². The summed E-state index contributed by atoms with van der Waals surface area (Å²) in [6.07, 6.45) is 3.77. The average molecular weight is 574 g/mol. The monoisotopic (exact) mass is 573 g/mol. The van der Waals surface area contributed by atoms with E-state index >= 15 is 0 Å². The summed E-state index contributed by atoms with van der Waals surface area (Å²) in [7, 11) is -3.58. The molecule has 3 heterocycles. The molecule has 2 amide bonds. The Morgan fingerprint density at radius 1 is 1.12 bits per heavy atom. The predicted molar refractivity (Wildman–Crippen MR) is 148 cm³/mol. The van der Waals surface area contributed by atoms with Crippen LogP contribution in [-0.2, 0) is 31.4 Å². The Morgan fingerprint density at radius 3 is 2.42 bits per heavy atom. The van der Waals surface area contributed by atoms with Gasteiger partial charge in [-0.25, -0.2) is 17.2 Å². The molecule has 4 N–H and O–H groups in total. The first kappa shape index (κ1) is 28.0. The number of aromatic nitrogens is 1. The van der Waals surface area contributed by atoms with Gasteiger partial charge in [0.05, 0.1) is 17.5 Å². The van der Waals surface area contributed by atoms with Crippen molar-refractivity contribution in [2.45, 2.75) is 50.1 Å². The zero-order valence-electron chi connectivity index (χ0n) is 22.6. The standard InChI is InChI=1S/C28H33F2N5O4S/c1-27(2,31)26(37)33-23(12-17-15-32-22-6-4-18(29)13-20(17)22)25(36)34-10-8-28(9-11-34)16-35(40(3,38)39)24-7-5-19(30)14-21(24)28/h4-7,13-15,23,32H,8-12,16,31H2,1-3H3,(H,33,37)/t23-/m1/s1. The number of rotatable bonds is 6. The maximum atomic E-state index is 14.3. The van der Waals surface area contributed by atoms with Gasteiger partial charge >= 0.3 is 0 Å². The van der Waals surface area contributed by atoms with Gasteiger partial charge in [0.15, 0.2) is 0 Å². The number of fused-ring (bicyclic) bond motifs is 3. The molecular weight excluding hydrogens is 540 g/mol. The smallest absolute Gasteiger partial charge is 0.245 e. The van der Waals surface area contributed by atoms with Crippen molar-refractivity contribution in [2.75, 3.05) is 30.2 Å². The minimum absolute atomic E-state index is 0.113. The van der Waals surface area contributed by atoms with Crippen molar-refractivity contribution in [3.63, 3.8) is 0 Å². The summed E-state index contributed by atoms with van der Waals surface area (Å²) in [6.45, 7) is 3.83. The third-order valence-corrected chi connectivity index (χ3v) is 9.15. The molecule has 1 atom stereocenters. The number of anilines is 1. The van der Waals surface area contributed by atoms with E-state index in [0.29, 0.717) is 40.6 Å². The van der Waals surface area contributed by atoms with Crippen LogP contribution in [0.5, 0.6) is 0 Å². The fourth-order valence-corrected chi connectivity index (χ4v) is 6.78. The highest BCUT2D eigenvalue weighted by molar-refractivity contribution is 7.92. The lowest BCUT2D eigenvalue weighted by Gasteiger charge is -2.41. The number of likely N-dealkylation sites (tertiary alicyclic amines) is 1. The van der Waals surface area contributed by atoms with Crippen molar-refractivity contribution < 1.29 is 26.8 Å². The molecular formula is C28H33F2N5O4S. The van der Waals surface area contributed by atoms with Gasteiger partial charge in [-0.15, -0.1) is 0 Å². The van der Waals surface area contributed by atoms with Gasteiger partial charge in [0.2, 0.25) is 21.8 Å². The normalized spacial score (nSPS) is 17.8. The molecule has 2 aromatic carbocycles. The van der Waals surface area contributed by atoms with E-state index in [-0.39, 0.29) is 32.0 Å². The summed E-state index contributed by atoms with van der Waals surface area (Å²) < 4.78 is 54.6. The van der Waals surface area contributed by atoms with Crippen molar-refractivity contribution >= 4 is 38.4 Å². The van der Waals surface area contributed by atoms with Gasteiger partial charge in [0, 0.05) is 48.6 Å². The van der Waals surface area contributed by atoms with Crippen LogP contribution in [0.15, 0.2) is 42.6 Å². The molecule has 40 heavy (non-hydrogen) atoms. The van der Waals surface area contributed by atoms with Crippen LogP contribution in [0.4, 0.5) is 14.5 Å². The molecule has 9 nitrogen and oxygen atoms in total. The zero-order valence-corrected chi connectivity index (χ0v) is 23.4. The van der Waals surface area contributed by atoms with E-state index in [0.717, 1.165) is 6.26 Å². The Morgan fingerprint density at radius 2 is 1.77 bits per heavy atom. The van der Waals surface area contributed by atoms with Crippen molar-refractivity contribution in [3.8, 4) is 0 Å². The molecule has 1 spiro atoms. The highest BCUT2D eigenvalue weighted by Crippen LogP contribution is 2.48. The molecule has 1 fully saturated rings. The highest BCUT2D eigenvalue weighted by Gasteiger charge is 2.48. The second-order valence-corrected chi connectivity index (χ2v) is 13.4. The molecule has 3 aromatic rings. The zero-order chi connectivity index (χ0) is 29.0. The lowest BCUT2D eigenvalue weighted by molar-refractivity contribution is -0.138. The number of nitrogens with one attached hydrogen (secondary N) is 2. The van der Waals surface area contributed by atoms with Gasteiger partial charge in [0.1, 0.15) is 17.7 Å². The molecule has 0 unspecified atom stereocenters. The van der Waals surface area contributed by atoms with Crippen LogP contribution in [0.25, 0.3) is 10.9 Å². The Bertz CT molecular complexity index is 1590. The second kappa shape index (κ2) is 9.84. The summed E-state index contributed by atoms with van der Waals surface area (Å²) in [4.78, 5) is 31.4. The average Bonchev–Trinajstić information content (AvgIpc) is 3.41. The number of sulfonamides is 1. The molecule has 0 saturated carbocycles. The van der Waals surface area contributed by atoms with Crippen molar-refractivity contribution in [3.05, 3.63) is 65.4 Å². The third kappa shape index (κ3) is 5.17. The second-order valence-electron chi connectivity index (χ2n) is 11.5. The molecule has 214 valence electrons. The van der Waals surface area contributed by atoms with Crippen molar-refractivity contribution in [1.82, 2.24) is 15.2 Å². The molecule has 0 aliphatic carbocycles. The van der Waals surface area contributed by atoms with E-state index < -0.39 is 44.6 Å². The molecule has 12 heteroatoms. The number of hydrogen-bond donors (Lipinski definition) is 3. The first-order valence-electron chi connectivity index (χ1n) is 13.1. The van der Waals surface area contributed by atoms with E-state index in [4.69, 9.17) is 5.73 Å². The van der Waals surface area contributed by atoms with Crippen LogP contribution in [0.3, 0.4) is 0 Å². The number of nitrogens with two attached hydrogens (primary N) is 1. The molecule has 1 saturated heterocycles. The van der Waals surface area contributed by atoms with Crippen LogP contribution in [-0.4, -0.2) is 67.6 Å². The summed E-state index contributed by atoms with van der Waals surface area (Å²) in [5, 5.41) is 3.40. The first-order valence-corrected chi connectivity index (χ1v) is 14.9. The SMILES string of the molecule is CC(C)(N)C(=O)N[C@H](Cc1c[nH]c2ccc(F)cc12)C(=O)N1CCC2(CC1)CN(S(C)(=O)=O)c1ccc(F)cc12. The number of halogens is 2. The number of hydrogen-bond acceptors (Lipinski definition) is 5. The number of H-pyrrole nitrogens is 1. The molecule has 1 aromatic heterocycles. The summed E-state index contributed by atoms with van der Waals surface area (Å²) >= 11 is 0. The molecule has 0 radical (unpaired) electrons. The fourth-order valence-electron chi connectivity index (χ4n) is 5.78. The first-order chi connectivity index (χ1) is 18.7. The number of carbonyl (C=O) groups is 2. The Kier molecular flexibility index (Phi) is 6.90. The van der Waals surface area contributed by atoms with E-state index in [1.165, 1.54) is 34.6 Å². The summed E-state index contributed by atoms with van der Waals surface area (Å²) in [5.41, 5.74) is 6.59. The van der Waals surface area contributed by atoms with Crippen LogP contribution >= 0.6 is 0 Å². The predicted octanol–water partition coefficient (Wildman–Crippen LogP) is 2.55. The van der Waals surface area contributed by atoms with Crippen molar-refractivity contribution in [2.24, 2.45) is 5.73 Å². The summed E-state index contributed by atoms with van der Waals surface area (Å²) in [6, 6.07) is 7.49. The lowest BCUT2D eigenvalue weighted by atomic mass is 9.74. The van der Waals surface area contributed by atoms with E-state index in [1.807, 2.05) is 0 Å². The van der Waals surface area contributed by atoms with Gasteiger partial charge < -0.3 is 20.9 Å². The largest absolute Gasteiger partial charge is 0.361 e. The maximum Gasteiger partial charge on any atom is 0.245 e. The minimum atomic E-state index is -3.58.